The SMILES string of the molecule is COC[C@@H]1CCCN1N1C(=O)CCC[C@@H]1c1ccccc1. The molecule has 2 aliphatic rings. The van der Waals surface area contributed by atoms with Crippen LogP contribution in [0, 0.1) is 0 Å². The molecule has 1 aromatic rings. The fraction of sp³-hybridized carbons (Fsp3) is 0.588. The first-order valence-electron chi connectivity index (χ1n) is 7.93. The van der Waals surface area contributed by atoms with Crippen LogP contribution >= 0.6 is 0 Å². The third-order valence-corrected chi connectivity index (χ3v) is 4.59. The number of carbonyl (C=O) groups is 1. The molecule has 114 valence electrons. The van der Waals surface area contributed by atoms with E-state index in [1.807, 2.05) is 11.1 Å². The normalized spacial score (nSPS) is 27.3. The van der Waals surface area contributed by atoms with E-state index in [4.69, 9.17) is 4.74 Å². The predicted octanol–water partition coefficient (Wildman–Crippen LogP) is 2.77. The summed E-state index contributed by atoms with van der Waals surface area (Å²) in [6.07, 6.45) is 4.95. The van der Waals surface area contributed by atoms with Gasteiger partial charge in [-0.3, -0.25) is 9.80 Å². The number of carbonyl (C=O) groups excluding carboxylic acids is 1. The summed E-state index contributed by atoms with van der Waals surface area (Å²) in [7, 11) is 1.74. The summed E-state index contributed by atoms with van der Waals surface area (Å²) in [5.74, 6) is 0.262. The number of rotatable bonds is 4. The van der Waals surface area contributed by atoms with E-state index in [2.05, 4.69) is 29.3 Å². The Morgan fingerprint density at radius 1 is 1.19 bits per heavy atom. The smallest absolute Gasteiger partial charge is 0.237 e. The number of nitrogens with zero attached hydrogens (tertiary/aromatic N) is 2. The third-order valence-electron chi connectivity index (χ3n) is 4.59. The topological polar surface area (TPSA) is 32.8 Å². The van der Waals surface area contributed by atoms with Crippen molar-refractivity contribution in [3.05, 3.63) is 35.9 Å². The highest BCUT2D eigenvalue weighted by Gasteiger charge is 2.38. The summed E-state index contributed by atoms with van der Waals surface area (Å²) in [4.78, 5) is 12.6. The Balaban J connectivity index is 1.86. The lowest BCUT2D eigenvalue weighted by molar-refractivity contribution is -0.165. The number of piperidine rings is 1. The van der Waals surface area contributed by atoms with Crippen molar-refractivity contribution in [2.75, 3.05) is 20.3 Å². The van der Waals surface area contributed by atoms with Crippen LogP contribution in [0.3, 0.4) is 0 Å². The molecule has 2 aliphatic heterocycles. The maximum Gasteiger partial charge on any atom is 0.237 e. The van der Waals surface area contributed by atoms with Crippen molar-refractivity contribution in [2.24, 2.45) is 0 Å². The number of methoxy groups -OCH3 is 1. The zero-order chi connectivity index (χ0) is 14.7. The first-order chi connectivity index (χ1) is 10.3. The van der Waals surface area contributed by atoms with Crippen molar-refractivity contribution in [2.45, 2.75) is 44.2 Å². The highest BCUT2D eigenvalue weighted by Crippen LogP contribution is 2.35. The number of ether oxygens (including phenoxy) is 1. The van der Waals surface area contributed by atoms with Crippen LogP contribution < -0.4 is 0 Å². The molecule has 0 bridgehead atoms. The van der Waals surface area contributed by atoms with Gasteiger partial charge in [-0.25, -0.2) is 5.01 Å². The Bertz CT molecular complexity index is 477. The van der Waals surface area contributed by atoms with E-state index < -0.39 is 0 Å². The summed E-state index contributed by atoms with van der Waals surface area (Å²) in [5, 5.41) is 4.30. The lowest BCUT2D eigenvalue weighted by Gasteiger charge is -2.44. The van der Waals surface area contributed by atoms with Crippen molar-refractivity contribution >= 4 is 5.91 Å². The van der Waals surface area contributed by atoms with Gasteiger partial charge in [0.15, 0.2) is 0 Å². The molecule has 2 fully saturated rings. The summed E-state index contributed by atoms with van der Waals surface area (Å²) >= 11 is 0. The summed E-state index contributed by atoms with van der Waals surface area (Å²) in [5.41, 5.74) is 1.24. The summed E-state index contributed by atoms with van der Waals surface area (Å²) < 4.78 is 5.34. The summed E-state index contributed by atoms with van der Waals surface area (Å²) in [6, 6.07) is 10.9. The minimum Gasteiger partial charge on any atom is -0.383 e. The molecule has 0 aromatic heterocycles. The van der Waals surface area contributed by atoms with Crippen LogP contribution in [0.2, 0.25) is 0 Å². The fourth-order valence-electron chi connectivity index (χ4n) is 3.63. The van der Waals surface area contributed by atoms with E-state index in [0.29, 0.717) is 19.1 Å². The molecule has 4 nitrogen and oxygen atoms in total. The van der Waals surface area contributed by atoms with Gasteiger partial charge >= 0.3 is 0 Å². The second-order valence-electron chi connectivity index (χ2n) is 5.97. The molecule has 0 N–H and O–H groups in total. The van der Waals surface area contributed by atoms with Gasteiger partial charge in [-0.15, -0.1) is 0 Å². The van der Waals surface area contributed by atoms with Crippen LogP contribution in [0.5, 0.6) is 0 Å². The zero-order valence-electron chi connectivity index (χ0n) is 12.7. The van der Waals surface area contributed by atoms with Crippen LogP contribution in [0.15, 0.2) is 30.3 Å². The van der Waals surface area contributed by atoms with Gasteiger partial charge in [0.2, 0.25) is 5.91 Å². The van der Waals surface area contributed by atoms with E-state index in [-0.39, 0.29) is 11.9 Å². The molecule has 0 aliphatic carbocycles. The predicted molar refractivity (Wildman–Crippen MR) is 81.5 cm³/mol. The van der Waals surface area contributed by atoms with Crippen molar-refractivity contribution in [3.63, 3.8) is 0 Å². The zero-order valence-corrected chi connectivity index (χ0v) is 12.7. The lowest BCUT2D eigenvalue weighted by Crippen LogP contribution is -2.53. The molecule has 2 saturated heterocycles. The van der Waals surface area contributed by atoms with E-state index in [1.165, 1.54) is 5.56 Å². The standard InChI is InChI=1S/C17H24N2O2/c1-21-13-15-9-6-12-18(15)19-16(10-5-11-17(19)20)14-7-3-2-4-8-14/h2-4,7-8,15-16H,5-6,9-13H2,1H3/t15-,16+/m0/s1. The number of benzene rings is 1. The Hall–Kier alpha value is -1.39. The monoisotopic (exact) mass is 288 g/mol. The van der Waals surface area contributed by atoms with Crippen molar-refractivity contribution in [1.29, 1.82) is 0 Å². The van der Waals surface area contributed by atoms with Gasteiger partial charge in [-0.05, 0) is 31.2 Å². The number of hydrazine groups is 1. The Kier molecular flexibility index (Phi) is 4.56. The molecular formula is C17H24N2O2. The first kappa shape index (κ1) is 14.5. The number of hydrogen-bond acceptors (Lipinski definition) is 3. The Morgan fingerprint density at radius 3 is 2.76 bits per heavy atom. The number of hydrogen-bond donors (Lipinski definition) is 0. The molecule has 3 rings (SSSR count). The van der Waals surface area contributed by atoms with E-state index in [1.54, 1.807) is 7.11 Å². The molecule has 1 aromatic carbocycles. The molecule has 21 heavy (non-hydrogen) atoms. The van der Waals surface area contributed by atoms with Crippen LogP contribution in [-0.2, 0) is 9.53 Å². The lowest BCUT2D eigenvalue weighted by atomic mass is 9.96. The maximum atomic E-state index is 12.6. The van der Waals surface area contributed by atoms with Gasteiger partial charge in [0.05, 0.1) is 18.7 Å². The average molecular weight is 288 g/mol. The van der Waals surface area contributed by atoms with Gasteiger partial charge in [0.1, 0.15) is 0 Å². The van der Waals surface area contributed by atoms with Crippen LogP contribution in [0.1, 0.15) is 43.7 Å². The van der Waals surface area contributed by atoms with Crippen LogP contribution in [0.25, 0.3) is 0 Å². The molecule has 4 heteroatoms. The van der Waals surface area contributed by atoms with Crippen molar-refractivity contribution in [3.8, 4) is 0 Å². The Labute approximate surface area is 126 Å². The van der Waals surface area contributed by atoms with Gasteiger partial charge in [0.25, 0.3) is 0 Å². The second kappa shape index (κ2) is 6.58. The van der Waals surface area contributed by atoms with Gasteiger partial charge in [-0.1, -0.05) is 30.3 Å². The maximum absolute atomic E-state index is 12.6. The molecule has 0 saturated carbocycles. The molecule has 2 atom stereocenters. The highest BCUT2D eigenvalue weighted by atomic mass is 16.5. The molecule has 0 radical (unpaired) electrons. The van der Waals surface area contributed by atoms with Gasteiger partial charge in [0, 0.05) is 20.1 Å². The first-order valence-corrected chi connectivity index (χ1v) is 7.93. The highest BCUT2D eigenvalue weighted by molar-refractivity contribution is 5.77. The van der Waals surface area contributed by atoms with Gasteiger partial charge in [-0.2, -0.15) is 0 Å². The van der Waals surface area contributed by atoms with E-state index >= 15 is 0 Å². The minimum absolute atomic E-state index is 0.185. The Morgan fingerprint density at radius 2 is 2.00 bits per heavy atom. The third kappa shape index (κ3) is 2.97. The largest absolute Gasteiger partial charge is 0.383 e. The fourth-order valence-corrected chi connectivity index (χ4v) is 3.63. The van der Waals surface area contributed by atoms with Gasteiger partial charge < -0.3 is 4.74 Å². The van der Waals surface area contributed by atoms with Crippen LogP contribution in [0.4, 0.5) is 0 Å². The molecular weight excluding hydrogens is 264 g/mol. The van der Waals surface area contributed by atoms with E-state index in [9.17, 15) is 4.79 Å². The summed E-state index contributed by atoms with van der Waals surface area (Å²) in [6.45, 7) is 1.66. The minimum atomic E-state index is 0.185. The second-order valence-corrected chi connectivity index (χ2v) is 5.97. The van der Waals surface area contributed by atoms with E-state index in [0.717, 1.165) is 32.2 Å². The molecule has 2 heterocycles. The molecule has 1 amide bonds. The number of amides is 1. The molecule has 0 unspecified atom stereocenters. The molecule has 0 spiro atoms. The van der Waals surface area contributed by atoms with Crippen molar-refractivity contribution in [1.82, 2.24) is 10.0 Å². The van der Waals surface area contributed by atoms with Crippen molar-refractivity contribution < 1.29 is 9.53 Å². The van der Waals surface area contributed by atoms with Crippen LogP contribution in [-0.4, -0.2) is 42.2 Å². The quantitative estimate of drug-likeness (QED) is 0.854. The average Bonchev–Trinajstić information content (AvgIpc) is 2.96.